The highest BCUT2D eigenvalue weighted by Crippen LogP contribution is 2.26. The Balaban J connectivity index is 2.41. The van der Waals surface area contributed by atoms with E-state index in [0.29, 0.717) is 5.92 Å². The first-order valence-corrected chi connectivity index (χ1v) is 6.26. The molecule has 0 spiro atoms. The molecule has 0 saturated heterocycles. The summed E-state index contributed by atoms with van der Waals surface area (Å²) in [5.41, 5.74) is 3.34. The lowest BCUT2D eigenvalue weighted by Crippen LogP contribution is -2.10. The molecule has 1 heterocycles. The fraction of sp³-hybridized carbons (Fsp3) is 0.533. The third kappa shape index (κ3) is 2.68. The van der Waals surface area contributed by atoms with Crippen LogP contribution >= 0.6 is 0 Å². The molecule has 0 aliphatic carbocycles. The van der Waals surface area contributed by atoms with Gasteiger partial charge in [0.05, 0.1) is 0 Å². The Hall–Kier alpha value is -1.31. The maximum absolute atomic E-state index is 5.74. The fourth-order valence-electron chi connectivity index (χ4n) is 1.88. The lowest BCUT2D eigenvalue weighted by Gasteiger charge is -2.18. The van der Waals surface area contributed by atoms with Gasteiger partial charge in [0, 0.05) is 6.42 Å². The summed E-state index contributed by atoms with van der Waals surface area (Å²) in [7, 11) is 0. The van der Waals surface area contributed by atoms with Crippen molar-refractivity contribution in [3.05, 3.63) is 29.7 Å². The predicted molar refractivity (Wildman–Crippen MR) is 71.3 cm³/mol. The summed E-state index contributed by atoms with van der Waals surface area (Å²) >= 11 is 0. The van der Waals surface area contributed by atoms with Crippen LogP contribution in [0.1, 0.15) is 46.1 Å². The highest BCUT2D eigenvalue weighted by Gasteiger charge is 2.15. The van der Waals surface area contributed by atoms with Gasteiger partial charge in [-0.25, -0.2) is 4.98 Å². The summed E-state index contributed by atoms with van der Waals surface area (Å²) < 4.78 is 5.74. The molecule has 0 aliphatic rings. The third-order valence-electron chi connectivity index (χ3n) is 2.88. The second-order valence-corrected chi connectivity index (χ2v) is 6.14. The molecule has 0 fully saturated rings. The van der Waals surface area contributed by atoms with Crippen molar-refractivity contribution in [2.45, 2.75) is 46.5 Å². The van der Waals surface area contributed by atoms with Crippen molar-refractivity contribution in [3.8, 4) is 0 Å². The summed E-state index contributed by atoms with van der Waals surface area (Å²) in [6, 6.07) is 6.31. The van der Waals surface area contributed by atoms with E-state index in [0.717, 1.165) is 23.4 Å². The Morgan fingerprint density at radius 1 is 1.24 bits per heavy atom. The van der Waals surface area contributed by atoms with E-state index in [9.17, 15) is 0 Å². The number of fused-ring (bicyclic) bond motifs is 1. The van der Waals surface area contributed by atoms with Gasteiger partial charge in [0.2, 0.25) is 0 Å². The number of aromatic nitrogens is 1. The van der Waals surface area contributed by atoms with E-state index in [1.54, 1.807) is 0 Å². The van der Waals surface area contributed by atoms with E-state index in [1.807, 2.05) is 6.07 Å². The maximum Gasteiger partial charge on any atom is 0.195 e. The smallest absolute Gasteiger partial charge is 0.195 e. The van der Waals surface area contributed by atoms with Gasteiger partial charge in [-0.3, -0.25) is 0 Å². The number of oxazole rings is 1. The molecule has 0 saturated carbocycles. The molecule has 0 radical (unpaired) electrons. The zero-order valence-electron chi connectivity index (χ0n) is 11.4. The lowest BCUT2D eigenvalue weighted by atomic mass is 9.87. The van der Waals surface area contributed by atoms with Crippen molar-refractivity contribution in [3.63, 3.8) is 0 Å². The monoisotopic (exact) mass is 231 g/mol. The molecule has 2 heteroatoms. The molecule has 0 N–H and O–H groups in total. The summed E-state index contributed by atoms with van der Waals surface area (Å²) in [5.74, 6) is 1.42. The zero-order chi connectivity index (χ0) is 12.6. The molecule has 0 aliphatic heterocycles. The summed E-state index contributed by atoms with van der Waals surface area (Å²) in [4.78, 5) is 4.56. The number of nitrogens with zero attached hydrogens (tertiary/aromatic N) is 1. The Morgan fingerprint density at radius 3 is 2.53 bits per heavy atom. The quantitative estimate of drug-likeness (QED) is 0.769. The van der Waals surface area contributed by atoms with Gasteiger partial charge >= 0.3 is 0 Å². The van der Waals surface area contributed by atoms with Gasteiger partial charge < -0.3 is 4.42 Å². The molecular formula is C15H21NO. The molecule has 2 nitrogen and oxygen atoms in total. The SMILES string of the molecule is CC(C)Cc1nc2cc(C(C)(C)C)ccc2o1. The summed E-state index contributed by atoms with van der Waals surface area (Å²) in [6.45, 7) is 11.0. The highest BCUT2D eigenvalue weighted by atomic mass is 16.3. The van der Waals surface area contributed by atoms with Crippen LogP contribution in [0.15, 0.2) is 22.6 Å². The van der Waals surface area contributed by atoms with E-state index in [1.165, 1.54) is 5.56 Å². The van der Waals surface area contributed by atoms with Crippen LogP contribution in [0.3, 0.4) is 0 Å². The Kier molecular flexibility index (Phi) is 2.98. The summed E-state index contributed by atoms with van der Waals surface area (Å²) in [5, 5.41) is 0. The normalized spacial score (nSPS) is 12.6. The van der Waals surface area contributed by atoms with Crippen LogP contribution in [-0.2, 0) is 11.8 Å². The molecule has 1 aromatic heterocycles. The van der Waals surface area contributed by atoms with Crippen LogP contribution in [0.2, 0.25) is 0 Å². The average Bonchev–Trinajstić information content (AvgIpc) is 2.55. The van der Waals surface area contributed by atoms with Crippen molar-refractivity contribution < 1.29 is 4.42 Å². The second kappa shape index (κ2) is 4.17. The van der Waals surface area contributed by atoms with E-state index in [2.05, 4.69) is 51.7 Å². The molecule has 0 amide bonds. The van der Waals surface area contributed by atoms with E-state index in [-0.39, 0.29) is 5.41 Å². The van der Waals surface area contributed by atoms with Crippen molar-refractivity contribution in [2.75, 3.05) is 0 Å². The predicted octanol–water partition coefficient (Wildman–Crippen LogP) is 4.32. The number of hydrogen-bond donors (Lipinski definition) is 0. The maximum atomic E-state index is 5.74. The minimum Gasteiger partial charge on any atom is -0.441 e. The second-order valence-electron chi connectivity index (χ2n) is 6.14. The van der Waals surface area contributed by atoms with Gasteiger partial charge in [-0.2, -0.15) is 0 Å². The highest BCUT2D eigenvalue weighted by molar-refractivity contribution is 5.73. The van der Waals surface area contributed by atoms with Crippen LogP contribution in [0.5, 0.6) is 0 Å². The average molecular weight is 231 g/mol. The van der Waals surface area contributed by atoms with E-state index in [4.69, 9.17) is 4.42 Å². The standard InChI is InChI=1S/C15H21NO/c1-10(2)8-14-16-12-9-11(15(3,4)5)6-7-13(12)17-14/h6-7,9-10H,8H2,1-5H3. The molecule has 2 rings (SSSR count). The molecule has 17 heavy (non-hydrogen) atoms. The topological polar surface area (TPSA) is 26.0 Å². The third-order valence-corrected chi connectivity index (χ3v) is 2.88. The largest absolute Gasteiger partial charge is 0.441 e. The van der Waals surface area contributed by atoms with Crippen LogP contribution in [0.4, 0.5) is 0 Å². The van der Waals surface area contributed by atoms with Gasteiger partial charge in [0.25, 0.3) is 0 Å². The molecule has 0 atom stereocenters. The molecule has 1 aromatic carbocycles. The Labute approximate surface area is 103 Å². The fourth-order valence-corrected chi connectivity index (χ4v) is 1.88. The van der Waals surface area contributed by atoms with E-state index >= 15 is 0 Å². The first-order chi connectivity index (χ1) is 7.86. The molecular weight excluding hydrogens is 210 g/mol. The molecule has 2 aromatic rings. The number of benzene rings is 1. The molecule has 0 unspecified atom stereocenters. The van der Waals surface area contributed by atoms with Crippen molar-refractivity contribution in [2.24, 2.45) is 5.92 Å². The van der Waals surface area contributed by atoms with Crippen LogP contribution < -0.4 is 0 Å². The van der Waals surface area contributed by atoms with Crippen molar-refractivity contribution >= 4 is 11.1 Å². The van der Waals surface area contributed by atoms with Crippen LogP contribution in [-0.4, -0.2) is 4.98 Å². The van der Waals surface area contributed by atoms with Crippen LogP contribution in [0.25, 0.3) is 11.1 Å². The first-order valence-electron chi connectivity index (χ1n) is 6.26. The van der Waals surface area contributed by atoms with Gasteiger partial charge in [0.1, 0.15) is 5.52 Å². The molecule has 0 bridgehead atoms. The molecule has 92 valence electrons. The zero-order valence-corrected chi connectivity index (χ0v) is 11.4. The summed E-state index contributed by atoms with van der Waals surface area (Å²) in [6.07, 6.45) is 0.902. The number of rotatable bonds is 2. The van der Waals surface area contributed by atoms with Crippen LogP contribution in [0, 0.1) is 5.92 Å². The number of hydrogen-bond acceptors (Lipinski definition) is 2. The lowest BCUT2D eigenvalue weighted by molar-refractivity contribution is 0.482. The Morgan fingerprint density at radius 2 is 1.94 bits per heavy atom. The van der Waals surface area contributed by atoms with Crippen molar-refractivity contribution in [1.29, 1.82) is 0 Å². The first kappa shape index (κ1) is 12.2. The minimum atomic E-state index is 0.158. The van der Waals surface area contributed by atoms with E-state index < -0.39 is 0 Å². The van der Waals surface area contributed by atoms with Gasteiger partial charge in [-0.15, -0.1) is 0 Å². The minimum absolute atomic E-state index is 0.158. The Bertz CT molecular complexity index is 517. The van der Waals surface area contributed by atoms with Crippen molar-refractivity contribution in [1.82, 2.24) is 4.98 Å². The van der Waals surface area contributed by atoms with Gasteiger partial charge in [-0.1, -0.05) is 40.7 Å². The van der Waals surface area contributed by atoms with Gasteiger partial charge in [-0.05, 0) is 29.0 Å². The van der Waals surface area contributed by atoms with Gasteiger partial charge in [0.15, 0.2) is 11.5 Å².